The van der Waals surface area contributed by atoms with Crippen molar-refractivity contribution in [3.63, 3.8) is 0 Å². The van der Waals surface area contributed by atoms with E-state index in [1.807, 2.05) is 0 Å². The summed E-state index contributed by atoms with van der Waals surface area (Å²) < 4.78 is 0. The number of hydrogen-bond acceptors (Lipinski definition) is 7. The Balaban J connectivity index is 2.08. The van der Waals surface area contributed by atoms with Crippen LogP contribution in [0.25, 0.3) is 0 Å². The highest BCUT2D eigenvalue weighted by molar-refractivity contribution is 6.21. The average Bonchev–Trinajstić information content (AvgIpc) is 2.84. The monoisotopic (exact) mass is 338 g/mol. The van der Waals surface area contributed by atoms with Crippen molar-refractivity contribution >= 4 is 11.8 Å². The van der Waals surface area contributed by atoms with Crippen LogP contribution in [0.15, 0.2) is 29.5 Å². The fraction of sp³-hybridized carbons (Fsp3) is 0.429. The minimum absolute atomic E-state index is 0.0567. The van der Waals surface area contributed by atoms with E-state index in [0.717, 1.165) is 9.91 Å². The number of rotatable bonds is 8. The van der Waals surface area contributed by atoms with Crippen LogP contribution in [0.3, 0.4) is 0 Å². The van der Waals surface area contributed by atoms with E-state index in [0.29, 0.717) is 0 Å². The van der Waals surface area contributed by atoms with Crippen molar-refractivity contribution in [3.05, 3.63) is 40.6 Å². The Morgan fingerprint density at radius 3 is 2.17 bits per heavy atom. The molecular weight excluding hydrogens is 320 g/mol. The fourth-order valence-electron chi connectivity index (χ4n) is 2.26. The van der Waals surface area contributed by atoms with Gasteiger partial charge in [0.15, 0.2) is 0 Å². The number of carbonyl (C=O) groups excluding carboxylic acids is 2. The summed E-state index contributed by atoms with van der Waals surface area (Å²) in [6.07, 6.45) is -1.10. The standard InChI is InChI=1S/C14H18N4O6/c1-10(24-15-18(23)16(6-8-19)7-9-20)17-13(21)11-4-2-3-5-12(11)14(17)22/h2-5,10,19-20H,6-9H2,1H3/b18-15-. The van der Waals surface area contributed by atoms with Gasteiger partial charge < -0.3 is 20.3 Å². The Labute approximate surface area is 137 Å². The molecule has 0 bridgehead atoms. The number of nitrogens with zero attached hydrogens (tertiary/aromatic N) is 4. The largest absolute Gasteiger partial charge is 0.569 e. The van der Waals surface area contributed by atoms with Gasteiger partial charge in [0.2, 0.25) is 11.5 Å². The molecule has 0 saturated carbocycles. The average molecular weight is 338 g/mol. The number of fused-ring (bicyclic) bond motifs is 1. The summed E-state index contributed by atoms with van der Waals surface area (Å²) in [6, 6.07) is 6.35. The maximum absolute atomic E-state index is 12.2. The molecule has 0 saturated heterocycles. The third-order valence-electron chi connectivity index (χ3n) is 3.42. The summed E-state index contributed by atoms with van der Waals surface area (Å²) in [5, 5.41) is 33.8. The van der Waals surface area contributed by atoms with E-state index in [1.54, 1.807) is 12.1 Å². The molecule has 0 aromatic heterocycles. The summed E-state index contributed by atoms with van der Waals surface area (Å²) >= 11 is 0. The zero-order valence-corrected chi connectivity index (χ0v) is 13.0. The summed E-state index contributed by atoms with van der Waals surface area (Å²) in [7, 11) is 0. The van der Waals surface area contributed by atoms with E-state index in [9.17, 15) is 14.8 Å². The molecule has 24 heavy (non-hydrogen) atoms. The first-order chi connectivity index (χ1) is 11.5. The lowest BCUT2D eigenvalue weighted by molar-refractivity contribution is -0.713. The van der Waals surface area contributed by atoms with Crippen LogP contribution in [0.2, 0.25) is 0 Å². The van der Waals surface area contributed by atoms with Crippen molar-refractivity contribution in [2.45, 2.75) is 13.2 Å². The second kappa shape index (κ2) is 7.70. The smallest absolute Gasteiger partial charge is 0.264 e. The fourth-order valence-corrected chi connectivity index (χ4v) is 2.26. The van der Waals surface area contributed by atoms with Gasteiger partial charge in [0, 0.05) is 0 Å². The number of hydrazine groups is 1. The Kier molecular flexibility index (Phi) is 5.66. The van der Waals surface area contributed by atoms with Gasteiger partial charge in [-0.2, -0.15) is 0 Å². The molecule has 0 fully saturated rings. The van der Waals surface area contributed by atoms with Crippen molar-refractivity contribution in [1.82, 2.24) is 9.91 Å². The number of amides is 2. The zero-order valence-electron chi connectivity index (χ0n) is 13.0. The van der Waals surface area contributed by atoms with Gasteiger partial charge in [0.25, 0.3) is 11.8 Å². The molecule has 130 valence electrons. The number of carbonyl (C=O) groups is 2. The lowest BCUT2D eigenvalue weighted by Crippen LogP contribution is -2.40. The number of aliphatic hydroxyl groups is 2. The van der Waals surface area contributed by atoms with Crippen molar-refractivity contribution in [2.24, 2.45) is 5.28 Å². The molecule has 10 nitrogen and oxygen atoms in total. The Bertz CT molecular complexity index is 609. The number of hydrogen-bond donors (Lipinski definition) is 2. The minimum atomic E-state index is -1.10. The molecule has 2 rings (SSSR count). The third-order valence-corrected chi connectivity index (χ3v) is 3.42. The molecule has 1 atom stereocenters. The van der Waals surface area contributed by atoms with Gasteiger partial charge in [-0.05, 0) is 19.1 Å². The van der Waals surface area contributed by atoms with Crippen LogP contribution >= 0.6 is 0 Å². The van der Waals surface area contributed by atoms with E-state index in [1.165, 1.54) is 19.1 Å². The van der Waals surface area contributed by atoms with Crippen molar-refractivity contribution in [2.75, 3.05) is 26.3 Å². The molecular formula is C14H18N4O6. The van der Waals surface area contributed by atoms with Crippen molar-refractivity contribution in [1.29, 1.82) is 0 Å². The summed E-state index contributed by atoms with van der Waals surface area (Å²) in [6.45, 7) is 0.655. The Morgan fingerprint density at radius 2 is 1.71 bits per heavy atom. The van der Waals surface area contributed by atoms with Gasteiger partial charge in [-0.15, -0.1) is 5.01 Å². The van der Waals surface area contributed by atoms with Gasteiger partial charge in [0.1, 0.15) is 13.1 Å². The molecule has 2 N–H and O–H groups in total. The van der Waals surface area contributed by atoms with Crippen LogP contribution in [-0.4, -0.2) is 69.4 Å². The highest BCUT2D eigenvalue weighted by atomic mass is 16.7. The molecule has 0 spiro atoms. The highest BCUT2D eigenvalue weighted by Crippen LogP contribution is 2.24. The number of imide groups is 1. The summed E-state index contributed by atoms with van der Waals surface area (Å²) in [4.78, 5) is 30.4. The Morgan fingerprint density at radius 1 is 1.21 bits per heavy atom. The van der Waals surface area contributed by atoms with Gasteiger partial charge in [-0.1, -0.05) is 12.1 Å². The molecule has 1 aromatic carbocycles. The first kappa shape index (κ1) is 17.6. The van der Waals surface area contributed by atoms with E-state index in [2.05, 4.69) is 5.28 Å². The quantitative estimate of drug-likeness (QED) is 0.289. The predicted octanol–water partition coefficient (Wildman–Crippen LogP) is -0.276. The van der Waals surface area contributed by atoms with Crippen LogP contribution in [0, 0.1) is 5.21 Å². The van der Waals surface area contributed by atoms with E-state index in [4.69, 9.17) is 15.1 Å². The second-order valence-electron chi connectivity index (χ2n) is 4.97. The SMILES string of the molecule is CC(O/N=[N+](\[O-])N(CCO)CCO)N1C(=O)c2ccccc2C1=O. The maximum atomic E-state index is 12.2. The molecule has 1 heterocycles. The van der Waals surface area contributed by atoms with Crippen LogP contribution in [0.4, 0.5) is 0 Å². The topological polar surface area (TPSA) is 129 Å². The van der Waals surface area contributed by atoms with Crippen molar-refractivity contribution in [3.8, 4) is 0 Å². The van der Waals surface area contributed by atoms with Crippen LogP contribution < -0.4 is 0 Å². The van der Waals surface area contributed by atoms with E-state index in [-0.39, 0.29) is 42.4 Å². The molecule has 1 unspecified atom stereocenters. The summed E-state index contributed by atoms with van der Waals surface area (Å²) in [5.74, 6) is -1.06. The molecule has 1 aliphatic heterocycles. The molecule has 10 heteroatoms. The normalized spacial score (nSPS) is 15.5. The summed E-state index contributed by atoms with van der Waals surface area (Å²) in [5.41, 5.74) is 0.526. The zero-order chi connectivity index (χ0) is 17.7. The van der Waals surface area contributed by atoms with Crippen LogP contribution in [0.5, 0.6) is 0 Å². The Hall–Kier alpha value is -2.72. The molecule has 0 radical (unpaired) electrons. The second-order valence-corrected chi connectivity index (χ2v) is 4.97. The van der Waals surface area contributed by atoms with Gasteiger partial charge >= 0.3 is 0 Å². The van der Waals surface area contributed by atoms with Crippen LogP contribution in [0.1, 0.15) is 27.6 Å². The lowest BCUT2D eigenvalue weighted by atomic mass is 10.1. The minimum Gasteiger partial charge on any atom is -0.569 e. The first-order valence-electron chi connectivity index (χ1n) is 7.28. The predicted molar refractivity (Wildman–Crippen MR) is 79.3 cm³/mol. The highest BCUT2D eigenvalue weighted by Gasteiger charge is 2.39. The lowest BCUT2D eigenvalue weighted by Gasteiger charge is -2.20. The van der Waals surface area contributed by atoms with Crippen LogP contribution in [-0.2, 0) is 4.84 Å². The molecule has 2 amide bonds. The molecule has 1 aromatic rings. The van der Waals surface area contributed by atoms with Gasteiger partial charge in [0.05, 0.1) is 29.3 Å². The molecule has 1 aliphatic rings. The third kappa shape index (κ3) is 3.44. The van der Waals surface area contributed by atoms with E-state index < -0.39 is 18.0 Å². The maximum Gasteiger partial charge on any atom is 0.264 e. The van der Waals surface area contributed by atoms with E-state index >= 15 is 0 Å². The first-order valence-corrected chi connectivity index (χ1v) is 7.28. The van der Waals surface area contributed by atoms with Crippen molar-refractivity contribution < 1.29 is 29.6 Å². The molecule has 0 aliphatic carbocycles. The number of benzene rings is 1. The number of aliphatic hydroxyl groups excluding tert-OH is 2. The van der Waals surface area contributed by atoms with Gasteiger partial charge in [-0.3, -0.25) is 9.59 Å². The van der Waals surface area contributed by atoms with Gasteiger partial charge in [-0.25, -0.2) is 4.90 Å².